The van der Waals surface area contributed by atoms with Crippen LogP contribution < -0.4 is 5.56 Å². The van der Waals surface area contributed by atoms with Crippen LogP contribution in [-0.2, 0) is 13.0 Å². The number of hydrogen-bond acceptors (Lipinski definition) is 3. The van der Waals surface area contributed by atoms with Crippen LogP contribution in [0.2, 0.25) is 0 Å². The smallest absolute Gasteiger partial charge is 0.253 e. The molecule has 1 saturated carbocycles. The molecule has 33 heavy (non-hydrogen) atoms. The lowest BCUT2D eigenvalue weighted by molar-refractivity contribution is 0.0785. The molecule has 0 aliphatic heterocycles. The van der Waals surface area contributed by atoms with Crippen molar-refractivity contribution in [3.05, 3.63) is 105 Å². The highest BCUT2D eigenvalue weighted by Gasteiger charge is 2.30. The molecular weight excluding hydrogens is 419 g/mol. The molecule has 1 heterocycles. The standard InChI is InChI=1S/C27H29FN2O3/c1-30(17-20-5-13-25(31)29-16-20)27(33)22-6-2-18(3-7-22)14-19-4-8-23(15-19)26(32)21-9-11-24(28)12-10-21/h2-3,5-7,9-13,16,19,23,26,32H,4,8,14-15,17H2,1H3,(H,29,31)/t19?,23-,26+/m0/s1. The Morgan fingerprint density at radius 2 is 1.76 bits per heavy atom. The van der Waals surface area contributed by atoms with Gasteiger partial charge in [-0.15, -0.1) is 0 Å². The van der Waals surface area contributed by atoms with Crippen molar-refractivity contribution in [3.63, 3.8) is 0 Å². The molecule has 2 aromatic carbocycles. The lowest BCUT2D eigenvalue weighted by atomic mass is 9.91. The number of carbonyl (C=O) groups is 1. The fourth-order valence-electron chi connectivity index (χ4n) is 4.74. The number of benzene rings is 2. The Labute approximate surface area is 192 Å². The van der Waals surface area contributed by atoms with Crippen molar-refractivity contribution in [1.82, 2.24) is 9.88 Å². The predicted molar refractivity (Wildman–Crippen MR) is 125 cm³/mol. The minimum atomic E-state index is -0.562. The molecule has 0 saturated heterocycles. The van der Waals surface area contributed by atoms with Gasteiger partial charge < -0.3 is 15.0 Å². The van der Waals surface area contributed by atoms with Gasteiger partial charge in [-0.3, -0.25) is 9.59 Å². The molecule has 1 unspecified atom stereocenters. The fourth-order valence-corrected chi connectivity index (χ4v) is 4.74. The Kier molecular flexibility index (Phi) is 7.04. The molecule has 0 radical (unpaired) electrons. The molecule has 6 heteroatoms. The molecule has 1 aliphatic rings. The van der Waals surface area contributed by atoms with Gasteiger partial charge in [-0.1, -0.05) is 30.3 Å². The first-order valence-corrected chi connectivity index (χ1v) is 11.3. The first-order valence-electron chi connectivity index (χ1n) is 11.3. The number of aromatic nitrogens is 1. The zero-order chi connectivity index (χ0) is 23.4. The van der Waals surface area contributed by atoms with E-state index in [1.807, 2.05) is 24.3 Å². The molecule has 1 aromatic heterocycles. The minimum absolute atomic E-state index is 0.0731. The first-order chi connectivity index (χ1) is 15.9. The quantitative estimate of drug-likeness (QED) is 0.560. The molecule has 2 N–H and O–H groups in total. The average molecular weight is 449 g/mol. The van der Waals surface area contributed by atoms with Gasteiger partial charge >= 0.3 is 0 Å². The van der Waals surface area contributed by atoms with Crippen molar-refractivity contribution in [3.8, 4) is 0 Å². The molecule has 172 valence electrons. The number of aliphatic hydroxyl groups excluding tert-OH is 1. The van der Waals surface area contributed by atoms with Crippen LogP contribution >= 0.6 is 0 Å². The zero-order valence-corrected chi connectivity index (χ0v) is 18.7. The third-order valence-electron chi connectivity index (χ3n) is 6.58. The van der Waals surface area contributed by atoms with Crippen molar-refractivity contribution in [2.75, 3.05) is 7.05 Å². The number of hydrogen-bond donors (Lipinski definition) is 2. The van der Waals surface area contributed by atoms with Gasteiger partial charge in [0.15, 0.2) is 0 Å². The molecule has 0 spiro atoms. The summed E-state index contributed by atoms with van der Waals surface area (Å²) in [5.41, 5.74) is 3.27. The maximum Gasteiger partial charge on any atom is 0.253 e. The van der Waals surface area contributed by atoms with Gasteiger partial charge in [0, 0.05) is 31.4 Å². The molecule has 1 aliphatic carbocycles. The first kappa shape index (κ1) is 22.9. The van der Waals surface area contributed by atoms with Gasteiger partial charge in [0.05, 0.1) is 6.10 Å². The zero-order valence-electron chi connectivity index (χ0n) is 18.7. The monoisotopic (exact) mass is 448 g/mol. The van der Waals surface area contributed by atoms with Crippen molar-refractivity contribution in [2.24, 2.45) is 11.8 Å². The molecule has 3 aromatic rings. The summed E-state index contributed by atoms with van der Waals surface area (Å²) in [7, 11) is 1.74. The van der Waals surface area contributed by atoms with Gasteiger partial charge in [-0.25, -0.2) is 4.39 Å². The van der Waals surface area contributed by atoms with Crippen LogP contribution in [0.25, 0.3) is 0 Å². The summed E-state index contributed by atoms with van der Waals surface area (Å²) in [4.78, 5) is 28.2. The lowest BCUT2D eigenvalue weighted by Gasteiger charge is -2.19. The average Bonchev–Trinajstić information content (AvgIpc) is 3.29. The second-order valence-corrected chi connectivity index (χ2v) is 9.06. The number of rotatable bonds is 7. The van der Waals surface area contributed by atoms with Crippen LogP contribution in [0.5, 0.6) is 0 Å². The normalized spacial score (nSPS) is 18.8. The highest BCUT2D eigenvalue weighted by Crippen LogP contribution is 2.40. The highest BCUT2D eigenvalue weighted by molar-refractivity contribution is 5.94. The number of aliphatic hydroxyl groups is 1. The van der Waals surface area contributed by atoms with Crippen LogP contribution in [0.3, 0.4) is 0 Å². The Bertz CT molecular complexity index is 1120. The van der Waals surface area contributed by atoms with Gasteiger partial charge in [-0.2, -0.15) is 0 Å². The summed E-state index contributed by atoms with van der Waals surface area (Å²) in [6, 6.07) is 17.0. The van der Waals surface area contributed by atoms with E-state index in [9.17, 15) is 19.1 Å². The van der Waals surface area contributed by atoms with Gasteiger partial charge in [-0.05, 0) is 78.5 Å². The second-order valence-electron chi connectivity index (χ2n) is 9.06. The summed E-state index contributed by atoms with van der Waals surface area (Å²) in [5, 5.41) is 10.7. The van der Waals surface area contributed by atoms with E-state index < -0.39 is 6.10 Å². The molecular formula is C27H29FN2O3. The maximum atomic E-state index is 13.1. The Morgan fingerprint density at radius 3 is 2.42 bits per heavy atom. The molecule has 0 bridgehead atoms. The number of carbonyl (C=O) groups excluding carboxylic acids is 1. The van der Waals surface area contributed by atoms with Crippen molar-refractivity contribution in [1.29, 1.82) is 0 Å². The van der Waals surface area contributed by atoms with E-state index in [4.69, 9.17) is 0 Å². The number of nitrogens with zero attached hydrogens (tertiary/aromatic N) is 1. The molecule has 4 rings (SSSR count). The molecule has 1 amide bonds. The van der Waals surface area contributed by atoms with Crippen LogP contribution in [-0.4, -0.2) is 27.9 Å². The summed E-state index contributed by atoms with van der Waals surface area (Å²) in [5.74, 6) is 0.299. The van der Waals surface area contributed by atoms with E-state index in [1.165, 1.54) is 23.8 Å². The number of nitrogens with one attached hydrogen (secondary N) is 1. The van der Waals surface area contributed by atoms with Crippen LogP contribution in [0.15, 0.2) is 71.7 Å². The number of halogens is 1. The largest absolute Gasteiger partial charge is 0.388 e. The van der Waals surface area contributed by atoms with Crippen LogP contribution in [0.4, 0.5) is 4.39 Å². The summed E-state index contributed by atoms with van der Waals surface area (Å²) < 4.78 is 13.1. The molecule has 5 nitrogen and oxygen atoms in total. The van der Waals surface area contributed by atoms with E-state index in [0.717, 1.165) is 36.8 Å². The van der Waals surface area contributed by atoms with E-state index in [1.54, 1.807) is 36.3 Å². The highest BCUT2D eigenvalue weighted by atomic mass is 19.1. The van der Waals surface area contributed by atoms with Crippen LogP contribution in [0, 0.1) is 17.7 Å². The second kappa shape index (κ2) is 10.1. The summed E-state index contributed by atoms with van der Waals surface area (Å²) >= 11 is 0. The van der Waals surface area contributed by atoms with E-state index in [2.05, 4.69) is 4.98 Å². The number of aromatic amines is 1. The van der Waals surface area contributed by atoms with E-state index >= 15 is 0 Å². The predicted octanol–water partition coefficient (Wildman–Crippen LogP) is 4.48. The lowest BCUT2D eigenvalue weighted by Crippen LogP contribution is -2.26. The van der Waals surface area contributed by atoms with Crippen LogP contribution in [0.1, 0.15) is 52.4 Å². The fraction of sp³-hybridized carbons (Fsp3) is 0.333. The molecule has 3 atom stereocenters. The SMILES string of the molecule is CN(Cc1ccc(=O)[nH]c1)C(=O)c1ccc(CC2CC[C@H]([C@H](O)c3ccc(F)cc3)C2)cc1. The Hall–Kier alpha value is -3.25. The minimum Gasteiger partial charge on any atom is -0.388 e. The van der Waals surface area contributed by atoms with Gasteiger partial charge in [0.2, 0.25) is 5.56 Å². The van der Waals surface area contributed by atoms with E-state index in [0.29, 0.717) is 18.0 Å². The number of H-pyrrole nitrogens is 1. The topological polar surface area (TPSA) is 73.4 Å². The molecule has 1 fully saturated rings. The third kappa shape index (κ3) is 5.76. The Morgan fingerprint density at radius 1 is 1.06 bits per heavy atom. The Balaban J connectivity index is 1.31. The van der Waals surface area contributed by atoms with Crippen molar-refractivity contribution in [2.45, 2.75) is 38.3 Å². The van der Waals surface area contributed by atoms with Gasteiger partial charge in [0.25, 0.3) is 5.91 Å². The third-order valence-corrected chi connectivity index (χ3v) is 6.58. The van der Waals surface area contributed by atoms with Crippen molar-refractivity contribution >= 4 is 5.91 Å². The van der Waals surface area contributed by atoms with Gasteiger partial charge in [0.1, 0.15) is 5.82 Å². The number of pyridine rings is 1. The summed E-state index contributed by atoms with van der Waals surface area (Å²) in [6.45, 7) is 0.414. The summed E-state index contributed by atoms with van der Waals surface area (Å²) in [6.07, 6.45) is 4.90. The number of amides is 1. The van der Waals surface area contributed by atoms with Crippen molar-refractivity contribution < 1.29 is 14.3 Å². The van der Waals surface area contributed by atoms with E-state index in [-0.39, 0.29) is 23.2 Å². The maximum absolute atomic E-state index is 13.1.